The predicted molar refractivity (Wildman–Crippen MR) is 136 cm³/mol. The number of halogens is 1. The molecule has 0 aliphatic carbocycles. The first-order chi connectivity index (χ1) is 17.2. The van der Waals surface area contributed by atoms with Crippen molar-refractivity contribution in [2.24, 2.45) is 0 Å². The van der Waals surface area contributed by atoms with Gasteiger partial charge in [-0.25, -0.2) is 9.48 Å². The van der Waals surface area contributed by atoms with Gasteiger partial charge < -0.3 is 20.1 Å². The number of carbonyl (C=O) groups excluding carboxylic acids is 1. The molecule has 1 saturated heterocycles. The number of anilines is 1. The van der Waals surface area contributed by atoms with Crippen LogP contribution in [0.3, 0.4) is 0 Å². The highest BCUT2D eigenvalue weighted by Crippen LogP contribution is 2.34. The lowest BCUT2D eigenvalue weighted by Crippen LogP contribution is -2.42. The molecule has 4 rings (SSSR count). The van der Waals surface area contributed by atoms with Gasteiger partial charge in [0.1, 0.15) is 24.0 Å². The number of amides is 1. The summed E-state index contributed by atoms with van der Waals surface area (Å²) in [5.74, 6) is 0.376. The van der Waals surface area contributed by atoms with E-state index in [1.54, 1.807) is 29.3 Å². The van der Waals surface area contributed by atoms with Gasteiger partial charge in [0.2, 0.25) is 0 Å². The number of pyridine rings is 1. The molecule has 1 aromatic carbocycles. The second-order valence-corrected chi connectivity index (χ2v) is 10.1. The summed E-state index contributed by atoms with van der Waals surface area (Å²) in [5.41, 5.74) is 8.28. The maximum atomic E-state index is 12.6. The number of piperidine rings is 1. The lowest BCUT2D eigenvalue weighted by atomic mass is 9.94. The Morgan fingerprint density at radius 2 is 2.11 bits per heavy atom. The normalized spacial score (nSPS) is 15.9. The average Bonchev–Trinajstić information content (AvgIpc) is 3.19. The number of likely N-dealkylation sites (tertiary alicyclic amines) is 1. The zero-order valence-electron chi connectivity index (χ0n) is 20.6. The Kier molecular flexibility index (Phi) is 7.36. The minimum absolute atomic E-state index is 0.115. The van der Waals surface area contributed by atoms with E-state index in [2.05, 4.69) is 16.2 Å². The zero-order valence-corrected chi connectivity index (χ0v) is 21.3. The lowest BCUT2D eigenvalue weighted by molar-refractivity contribution is 0.0197. The fourth-order valence-corrected chi connectivity index (χ4v) is 4.34. The monoisotopic (exact) mass is 508 g/mol. The van der Waals surface area contributed by atoms with Crippen LogP contribution in [0.5, 0.6) is 5.75 Å². The van der Waals surface area contributed by atoms with Crippen LogP contribution < -0.4 is 10.5 Å². The molecule has 1 aliphatic heterocycles. The zero-order chi connectivity index (χ0) is 25.9. The molecule has 188 valence electrons. The SMILES string of the molecule is CC(C)(C)OC(=O)N1CCCC(c2nn(-c3ccc(OCc4ccccn4)c(Cl)c3)c(C#N)c2N)C1. The molecule has 0 radical (unpaired) electrons. The third kappa shape index (κ3) is 5.71. The molecule has 2 N–H and O–H groups in total. The molecule has 1 fully saturated rings. The number of nitrogens with zero attached hydrogens (tertiary/aromatic N) is 5. The van der Waals surface area contributed by atoms with Gasteiger partial charge in [-0.2, -0.15) is 10.4 Å². The van der Waals surface area contributed by atoms with E-state index in [0.29, 0.717) is 40.9 Å². The summed E-state index contributed by atoms with van der Waals surface area (Å²) in [5, 5.41) is 14.9. The standard InChI is InChI=1S/C26H29ClN6O3/c1-26(2,3)36-25(34)32-12-6-7-17(15-32)24-23(29)21(14-28)33(31-24)19-9-10-22(20(27)13-19)35-16-18-8-4-5-11-30-18/h4-5,8-11,13,17H,6-7,12,15-16,29H2,1-3H3. The van der Waals surface area contributed by atoms with Gasteiger partial charge in [0, 0.05) is 25.2 Å². The van der Waals surface area contributed by atoms with Crippen molar-refractivity contribution in [2.45, 2.75) is 51.7 Å². The summed E-state index contributed by atoms with van der Waals surface area (Å²) in [6, 6.07) is 12.9. The Balaban J connectivity index is 1.55. The summed E-state index contributed by atoms with van der Waals surface area (Å²) < 4.78 is 12.8. The van der Waals surface area contributed by atoms with Gasteiger partial charge in [0.05, 0.1) is 27.8 Å². The Morgan fingerprint density at radius 1 is 1.31 bits per heavy atom. The molecule has 36 heavy (non-hydrogen) atoms. The molecular weight excluding hydrogens is 480 g/mol. The van der Waals surface area contributed by atoms with Gasteiger partial charge in [-0.3, -0.25) is 4.98 Å². The molecule has 9 nitrogen and oxygen atoms in total. The molecule has 1 amide bonds. The van der Waals surface area contributed by atoms with Crippen LogP contribution in [0.1, 0.15) is 56.6 Å². The topological polar surface area (TPSA) is 119 Å². The van der Waals surface area contributed by atoms with Gasteiger partial charge in [-0.05, 0) is 63.9 Å². The van der Waals surface area contributed by atoms with E-state index in [-0.39, 0.29) is 24.3 Å². The van der Waals surface area contributed by atoms with Crippen molar-refractivity contribution in [1.82, 2.24) is 19.7 Å². The summed E-state index contributed by atoms with van der Waals surface area (Å²) in [6.45, 7) is 6.81. The minimum Gasteiger partial charge on any atom is -0.486 e. The number of nitrogen functional groups attached to an aromatic ring is 1. The van der Waals surface area contributed by atoms with Crippen molar-refractivity contribution >= 4 is 23.4 Å². The Labute approximate surface area is 215 Å². The van der Waals surface area contributed by atoms with Crippen LogP contribution in [0.2, 0.25) is 5.02 Å². The van der Waals surface area contributed by atoms with Crippen molar-refractivity contribution in [3.63, 3.8) is 0 Å². The number of benzene rings is 1. The first-order valence-electron chi connectivity index (χ1n) is 11.8. The Hall–Kier alpha value is -3.77. The van der Waals surface area contributed by atoms with Gasteiger partial charge in [-0.15, -0.1) is 0 Å². The average molecular weight is 509 g/mol. The maximum Gasteiger partial charge on any atom is 0.410 e. The van der Waals surface area contributed by atoms with Gasteiger partial charge in [0.15, 0.2) is 5.69 Å². The van der Waals surface area contributed by atoms with E-state index in [1.165, 1.54) is 4.68 Å². The second kappa shape index (κ2) is 10.5. The number of nitriles is 1. The second-order valence-electron chi connectivity index (χ2n) is 9.66. The molecule has 2 aromatic heterocycles. The molecule has 1 aliphatic rings. The number of aromatic nitrogens is 3. The first-order valence-corrected chi connectivity index (χ1v) is 12.1. The van der Waals surface area contributed by atoms with E-state index in [9.17, 15) is 10.1 Å². The molecule has 1 unspecified atom stereocenters. The van der Waals surface area contributed by atoms with Crippen LogP contribution in [-0.4, -0.2) is 44.4 Å². The summed E-state index contributed by atoms with van der Waals surface area (Å²) in [6.07, 6.45) is 2.92. The Morgan fingerprint density at radius 3 is 2.78 bits per heavy atom. The van der Waals surface area contributed by atoms with Crippen LogP contribution in [0.4, 0.5) is 10.5 Å². The van der Waals surface area contributed by atoms with Crippen molar-refractivity contribution in [2.75, 3.05) is 18.8 Å². The maximum absolute atomic E-state index is 12.6. The molecule has 0 saturated carbocycles. The molecule has 10 heteroatoms. The van der Waals surface area contributed by atoms with E-state index >= 15 is 0 Å². The first kappa shape index (κ1) is 25.3. The summed E-state index contributed by atoms with van der Waals surface area (Å²) in [4.78, 5) is 18.5. The Bertz CT molecular complexity index is 1280. The highest BCUT2D eigenvalue weighted by Gasteiger charge is 2.32. The van der Waals surface area contributed by atoms with Crippen LogP contribution in [0.25, 0.3) is 5.69 Å². The molecular formula is C26H29ClN6O3. The summed E-state index contributed by atoms with van der Waals surface area (Å²) in [7, 11) is 0. The fraction of sp³-hybridized carbons (Fsp3) is 0.385. The number of hydrogen-bond acceptors (Lipinski definition) is 7. The van der Waals surface area contributed by atoms with E-state index in [4.69, 9.17) is 26.8 Å². The lowest BCUT2D eigenvalue weighted by Gasteiger charge is -2.33. The van der Waals surface area contributed by atoms with E-state index in [0.717, 1.165) is 18.5 Å². The fourth-order valence-electron chi connectivity index (χ4n) is 4.11. The van der Waals surface area contributed by atoms with Crippen LogP contribution in [0, 0.1) is 11.3 Å². The molecule has 3 heterocycles. The molecule has 3 aromatic rings. The minimum atomic E-state index is -0.578. The van der Waals surface area contributed by atoms with Gasteiger partial charge >= 0.3 is 6.09 Å². The number of nitrogens with two attached hydrogens (primary N) is 1. The number of carbonyl (C=O) groups is 1. The van der Waals surface area contributed by atoms with E-state index in [1.807, 2.05) is 39.0 Å². The van der Waals surface area contributed by atoms with Crippen molar-refractivity contribution in [3.05, 3.63) is 64.7 Å². The summed E-state index contributed by atoms with van der Waals surface area (Å²) >= 11 is 6.48. The molecule has 0 spiro atoms. The van der Waals surface area contributed by atoms with Crippen molar-refractivity contribution in [3.8, 4) is 17.5 Å². The highest BCUT2D eigenvalue weighted by molar-refractivity contribution is 6.32. The third-order valence-electron chi connectivity index (χ3n) is 5.78. The largest absolute Gasteiger partial charge is 0.486 e. The van der Waals surface area contributed by atoms with Crippen LogP contribution in [0.15, 0.2) is 42.6 Å². The smallest absolute Gasteiger partial charge is 0.410 e. The third-order valence-corrected chi connectivity index (χ3v) is 6.07. The number of rotatable bonds is 5. The number of ether oxygens (including phenoxy) is 2. The quantitative estimate of drug-likeness (QED) is 0.511. The van der Waals surface area contributed by atoms with Crippen LogP contribution >= 0.6 is 11.6 Å². The van der Waals surface area contributed by atoms with Crippen LogP contribution in [-0.2, 0) is 11.3 Å². The predicted octanol–water partition coefficient (Wildman–Crippen LogP) is 5.07. The van der Waals surface area contributed by atoms with Gasteiger partial charge in [-0.1, -0.05) is 17.7 Å². The number of hydrogen-bond donors (Lipinski definition) is 1. The van der Waals surface area contributed by atoms with Crippen molar-refractivity contribution < 1.29 is 14.3 Å². The molecule has 1 atom stereocenters. The van der Waals surface area contributed by atoms with Crippen molar-refractivity contribution in [1.29, 1.82) is 5.26 Å². The van der Waals surface area contributed by atoms with E-state index < -0.39 is 5.60 Å². The van der Waals surface area contributed by atoms with Gasteiger partial charge in [0.25, 0.3) is 0 Å². The molecule has 0 bridgehead atoms. The highest BCUT2D eigenvalue weighted by atomic mass is 35.5.